The third-order valence-corrected chi connectivity index (χ3v) is 4.35. The topological polar surface area (TPSA) is 35.5 Å². The summed E-state index contributed by atoms with van der Waals surface area (Å²) in [6, 6.07) is 11.5. The highest BCUT2D eigenvalue weighted by molar-refractivity contribution is 7.99. The number of benzene rings is 2. The number of ether oxygens (including phenoxy) is 2. The van der Waals surface area contributed by atoms with Crippen molar-refractivity contribution in [2.45, 2.75) is 11.0 Å². The summed E-state index contributed by atoms with van der Waals surface area (Å²) in [7, 11) is 1.45. The third-order valence-electron chi connectivity index (χ3n) is 3.23. The molecule has 0 amide bonds. The highest BCUT2D eigenvalue weighted by atomic mass is 32.2. The second-order valence-electron chi connectivity index (χ2n) is 4.57. The van der Waals surface area contributed by atoms with Crippen molar-refractivity contribution in [2.75, 3.05) is 12.9 Å². The molecule has 0 spiro atoms. The second kappa shape index (κ2) is 5.77. The first-order valence-corrected chi connectivity index (χ1v) is 7.44. The van der Waals surface area contributed by atoms with Crippen LogP contribution in [0.4, 0.5) is 4.39 Å². The van der Waals surface area contributed by atoms with Crippen molar-refractivity contribution < 1.29 is 18.7 Å². The normalized spacial score (nSPS) is 16.8. The summed E-state index contributed by atoms with van der Waals surface area (Å²) in [5.41, 5.74) is 0.211. The minimum atomic E-state index is -0.638. The Bertz CT molecular complexity index is 687. The molecular weight excluding hydrogens is 291 g/mol. The Morgan fingerprint density at radius 1 is 1.33 bits per heavy atom. The first kappa shape index (κ1) is 13.9. The second-order valence-corrected chi connectivity index (χ2v) is 5.63. The Balaban J connectivity index is 1.89. The molecule has 2 aromatic carbocycles. The zero-order chi connectivity index (χ0) is 14.8. The molecule has 0 saturated carbocycles. The van der Waals surface area contributed by atoms with E-state index in [4.69, 9.17) is 9.47 Å². The van der Waals surface area contributed by atoms with Gasteiger partial charge in [0.2, 0.25) is 5.78 Å². The zero-order valence-corrected chi connectivity index (χ0v) is 12.2. The maximum atomic E-state index is 13.4. The van der Waals surface area contributed by atoms with Gasteiger partial charge in [-0.3, -0.25) is 4.79 Å². The van der Waals surface area contributed by atoms with Crippen molar-refractivity contribution in [1.82, 2.24) is 0 Å². The summed E-state index contributed by atoms with van der Waals surface area (Å²) >= 11 is 1.56. The molecule has 0 bridgehead atoms. The molecule has 1 atom stereocenters. The molecule has 3 nitrogen and oxygen atoms in total. The molecule has 1 unspecified atom stereocenters. The first-order valence-electron chi connectivity index (χ1n) is 6.45. The number of rotatable bonds is 3. The number of thioether (sulfide) groups is 1. The summed E-state index contributed by atoms with van der Waals surface area (Å²) in [5.74, 6) is 0.794. The van der Waals surface area contributed by atoms with Gasteiger partial charge >= 0.3 is 0 Å². The van der Waals surface area contributed by atoms with Crippen molar-refractivity contribution in [2.24, 2.45) is 0 Å². The average Bonchev–Trinajstić information content (AvgIpc) is 2.53. The number of carbonyl (C=O) groups is 1. The molecule has 2 aromatic rings. The Hall–Kier alpha value is -2.01. The van der Waals surface area contributed by atoms with Crippen molar-refractivity contribution >= 4 is 17.5 Å². The minimum Gasteiger partial charge on any atom is -0.496 e. The van der Waals surface area contributed by atoms with Gasteiger partial charge in [-0.25, -0.2) is 4.39 Å². The van der Waals surface area contributed by atoms with Gasteiger partial charge in [-0.05, 0) is 30.3 Å². The van der Waals surface area contributed by atoms with Gasteiger partial charge in [0.05, 0.1) is 12.7 Å². The van der Waals surface area contributed by atoms with Crippen LogP contribution in [0.25, 0.3) is 0 Å². The molecule has 3 rings (SSSR count). The quantitative estimate of drug-likeness (QED) is 0.812. The van der Waals surface area contributed by atoms with Gasteiger partial charge in [0.1, 0.15) is 17.3 Å². The molecular formula is C16H13FO3S. The van der Waals surface area contributed by atoms with E-state index in [0.717, 1.165) is 4.90 Å². The van der Waals surface area contributed by atoms with Crippen LogP contribution in [0, 0.1) is 5.82 Å². The molecule has 0 N–H and O–H groups in total. The van der Waals surface area contributed by atoms with Gasteiger partial charge in [0.25, 0.3) is 0 Å². The van der Waals surface area contributed by atoms with Gasteiger partial charge < -0.3 is 9.47 Å². The van der Waals surface area contributed by atoms with Crippen LogP contribution in [0.1, 0.15) is 10.4 Å². The lowest BCUT2D eigenvalue weighted by Gasteiger charge is -2.25. The molecule has 1 heterocycles. The number of ketones is 1. The van der Waals surface area contributed by atoms with Crippen LogP contribution in [-0.4, -0.2) is 24.7 Å². The molecule has 1 aliphatic heterocycles. The highest BCUT2D eigenvalue weighted by Gasteiger charge is 2.29. The van der Waals surface area contributed by atoms with E-state index in [1.807, 2.05) is 24.3 Å². The van der Waals surface area contributed by atoms with Crippen LogP contribution in [0.3, 0.4) is 0 Å². The Morgan fingerprint density at radius 3 is 2.95 bits per heavy atom. The van der Waals surface area contributed by atoms with Crippen LogP contribution in [0.5, 0.6) is 11.5 Å². The lowest BCUT2D eigenvalue weighted by molar-refractivity contribution is 0.0811. The highest BCUT2D eigenvalue weighted by Crippen LogP contribution is 2.36. The van der Waals surface area contributed by atoms with Crippen molar-refractivity contribution in [3.63, 3.8) is 0 Å². The minimum absolute atomic E-state index is 0.211. The predicted molar refractivity (Wildman–Crippen MR) is 78.9 cm³/mol. The SMILES string of the molecule is COc1ccc(F)cc1C(=O)C1CSc2ccccc2O1. The summed E-state index contributed by atoms with van der Waals surface area (Å²) in [5, 5.41) is 0. The van der Waals surface area contributed by atoms with Crippen molar-refractivity contribution in [3.05, 3.63) is 53.8 Å². The van der Waals surface area contributed by atoms with Crippen LogP contribution in [0.2, 0.25) is 0 Å². The van der Waals surface area contributed by atoms with E-state index < -0.39 is 11.9 Å². The Kier molecular flexibility index (Phi) is 3.84. The van der Waals surface area contributed by atoms with E-state index in [1.165, 1.54) is 25.3 Å². The van der Waals surface area contributed by atoms with E-state index >= 15 is 0 Å². The zero-order valence-electron chi connectivity index (χ0n) is 11.3. The van der Waals surface area contributed by atoms with Crippen LogP contribution in [0.15, 0.2) is 47.4 Å². The largest absolute Gasteiger partial charge is 0.496 e. The number of Topliss-reactive ketones (excluding diaryl/α,β-unsaturated/α-hetero) is 1. The van der Waals surface area contributed by atoms with Crippen LogP contribution < -0.4 is 9.47 Å². The summed E-state index contributed by atoms with van der Waals surface area (Å²) in [6.45, 7) is 0. The smallest absolute Gasteiger partial charge is 0.207 e. The van der Waals surface area contributed by atoms with E-state index in [-0.39, 0.29) is 11.3 Å². The van der Waals surface area contributed by atoms with Crippen molar-refractivity contribution in [1.29, 1.82) is 0 Å². The molecule has 0 aromatic heterocycles. The summed E-state index contributed by atoms with van der Waals surface area (Å²) in [6.07, 6.45) is -0.638. The lowest BCUT2D eigenvalue weighted by Crippen LogP contribution is -2.32. The maximum Gasteiger partial charge on any atom is 0.207 e. The fourth-order valence-electron chi connectivity index (χ4n) is 2.19. The van der Waals surface area contributed by atoms with Crippen LogP contribution in [-0.2, 0) is 0 Å². The fourth-order valence-corrected chi connectivity index (χ4v) is 3.18. The van der Waals surface area contributed by atoms with E-state index in [2.05, 4.69) is 0 Å². The van der Waals surface area contributed by atoms with Crippen LogP contribution >= 0.6 is 11.8 Å². The number of fused-ring (bicyclic) bond motifs is 1. The lowest BCUT2D eigenvalue weighted by atomic mass is 10.1. The maximum absolute atomic E-state index is 13.4. The van der Waals surface area contributed by atoms with E-state index in [0.29, 0.717) is 17.3 Å². The predicted octanol–water partition coefficient (Wildman–Crippen LogP) is 3.57. The molecule has 0 aliphatic carbocycles. The molecule has 108 valence electrons. The number of carbonyl (C=O) groups excluding carboxylic acids is 1. The van der Waals surface area contributed by atoms with Gasteiger partial charge in [0, 0.05) is 10.6 Å². The number of hydrogen-bond acceptors (Lipinski definition) is 4. The average molecular weight is 304 g/mol. The number of methoxy groups -OCH3 is 1. The first-order chi connectivity index (χ1) is 10.2. The fraction of sp³-hybridized carbons (Fsp3) is 0.188. The Morgan fingerprint density at radius 2 is 2.14 bits per heavy atom. The van der Waals surface area contributed by atoms with E-state index in [1.54, 1.807) is 11.8 Å². The number of halogens is 1. The monoisotopic (exact) mass is 304 g/mol. The molecule has 5 heteroatoms. The summed E-state index contributed by atoms with van der Waals surface area (Å²) in [4.78, 5) is 13.6. The molecule has 0 radical (unpaired) electrons. The van der Waals surface area contributed by atoms with E-state index in [9.17, 15) is 9.18 Å². The third kappa shape index (κ3) is 2.74. The summed E-state index contributed by atoms with van der Waals surface area (Å²) < 4.78 is 24.3. The molecule has 21 heavy (non-hydrogen) atoms. The number of para-hydroxylation sites is 1. The Labute approximate surface area is 126 Å². The van der Waals surface area contributed by atoms with Gasteiger partial charge in [-0.15, -0.1) is 11.8 Å². The van der Waals surface area contributed by atoms with Crippen molar-refractivity contribution in [3.8, 4) is 11.5 Å². The molecule has 0 saturated heterocycles. The number of hydrogen-bond donors (Lipinski definition) is 0. The molecule has 0 fully saturated rings. The standard InChI is InChI=1S/C16H13FO3S/c1-19-12-7-6-10(17)8-11(12)16(18)14-9-21-15-5-3-2-4-13(15)20-14/h2-8,14H,9H2,1H3. The van der Waals surface area contributed by atoms with Gasteiger partial charge in [-0.2, -0.15) is 0 Å². The molecule has 1 aliphatic rings. The van der Waals surface area contributed by atoms with Gasteiger partial charge in [-0.1, -0.05) is 12.1 Å². The van der Waals surface area contributed by atoms with Gasteiger partial charge in [0.15, 0.2) is 6.10 Å².